The first kappa shape index (κ1) is 12.4. The zero-order valence-electron chi connectivity index (χ0n) is 10.2. The molecule has 3 N–H and O–H groups in total. The first-order chi connectivity index (χ1) is 7.99. The minimum atomic E-state index is -2.50. The van der Waals surface area contributed by atoms with Crippen LogP contribution in [0.15, 0.2) is 33.5 Å². The van der Waals surface area contributed by atoms with E-state index >= 15 is 0 Å². The maximum Gasteiger partial charge on any atom is 0.137 e. The Bertz CT molecular complexity index is 497. The molecule has 0 bridgehead atoms. The summed E-state index contributed by atoms with van der Waals surface area (Å²) >= 11 is 0. The molecule has 17 heavy (non-hydrogen) atoms. The fourth-order valence-corrected chi connectivity index (χ4v) is 3.61. The van der Waals surface area contributed by atoms with Crippen molar-refractivity contribution in [1.82, 2.24) is 4.72 Å². The van der Waals surface area contributed by atoms with Crippen LogP contribution in [-0.4, -0.2) is 16.3 Å². The average molecular weight is 253 g/mol. The Kier molecular flexibility index (Phi) is 3.40. The molecule has 1 aromatic rings. The molecular weight excluding hydrogens is 234 g/mol. The van der Waals surface area contributed by atoms with Crippen molar-refractivity contribution >= 4 is 15.6 Å². The molecule has 1 aromatic carbocycles. The first-order valence-electron chi connectivity index (χ1n) is 5.89. The standard InChI is InChI=1S/C12H19N3OS/c1-9(2)14-17(16,15-11-5-6-11)12-7-3-10(13)4-8-12/h3-4,7-9,11H,5-6,13H2,1-2H3,(H,14,15,16). The van der Waals surface area contributed by atoms with Gasteiger partial charge >= 0.3 is 0 Å². The van der Waals surface area contributed by atoms with E-state index in [-0.39, 0.29) is 12.1 Å². The summed E-state index contributed by atoms with van der Waals surface area (Å²) in [6, 6.07) is 7.49. The number of hydrogen-bond donors (Lipinski definition) is 2. The third-order valence-corrected chi connectivity index (χ3v) is 4.74. The number of nitrogens with zero attached hydrogens (tertiary/aromatic N) is 1. The van der Waals surface area contributed by atoms with Gasteiger partial charge in [0.2, 0.25) is 0 Å². The highest BCUT2D eigenvalue weighted by molar-refractivity contribution is 7.91. The Hall–Kier alpha value is -1.07. The van der Waals surface area contributed by atoms with Gasteiger partial charge in [-0.15, -0.1) is 0 Å². The number of nitrogens with one attached hydrogen (secondary N) is 1. The molecule has 0 amide bonds. The van der Waals surface area contributed by atoms with Crippen LogP contribution in [0.1, 0.15) is 26.7 Å². The smallest absolute Gasteiger partial charge is 0.137 e. The Labute approximate surface area is 103 Å². The fraction of sp³-hybridized carbons (Fsp3) is 0.500. The lowest BCUT2D eigenvalue weighted by molar-refractivity contribution is 0.644. The van der Waals surface area contributed by atoms with Gasteiger partial charge in [-0.1, -0.05) is 0 Å². The molecule has 1 fully saturated rings. The molecule has 5 heteroatoms. The van der Waals surface area contributed by atoms with Gasteiger partial charge in [0.15, 0.2) is 0 Å². The molecule has 1 unspecified atom stereocenters. The van der Waals surface area contributed by atoms with Gasteiger partial charge in [0, 0.05) is 11.7 Å². The van der Waals surface area contributed by atoms with Gasteiger partial charge in [-0.05, 0) is 51.0 Å². The van der Waals surface area contributed by atoms with Crippen LogP contribution in [0, 0.1) is 0 Å². The number of nitrogens with two attached hydrogens (primary N) is 1. The maximum atomic E-state index is 12.8. The van der Waals surface area contributed by atoms with Crippen molar-refractivity contribution in [1.29, 1.82) is 0 Å². The van der Waals surface area contributed by atoms with Gasteiger partial charge in [0.1, 0.15) is 9.92 Å². The second-order valence-electron chi connectivity index (χ2n) is 4.70. The van der Waals surface area contributed by atoms with Crippen molar-refractivity contribution < 1.29 is 4.21 Å². The Morgan fingerprint density at radius 3 is 2.41 bits per heavy atom. The quantitative estimate of drug-likeness (QED) is 0.807. The molecule has 0 radical (unpaired) electrons. The van der Waals surface area contributed by atoms with Crippen LogP contribution in [0.3, 0.4) is 0 Å². The lowest BCUT2D eigenvalue weighted by atomic mass is 10.3. The largest absolute Gasteiger partial charge is 0.399 e. The van der Waals surface area contributed by atoms with Gasteiger partial charge in [-0.2, -0.15) is 0 Å². The summed E-state index contributed by atoms with van der Waals surface area (Å²) in [5, 5.41) is 0. The SMILES string of the molecule is CC(C)NS(=O)(=NC1CC1)c1ccc(N)cc1. The number of benzene rings is 1. The predicted molar refractivity (Wildman–Crippen MR) is 71.0 cm³/mol. The van der Waals surface area contributed by atoms with Crippen LogP contribution in [0.2, 0.25) is 0 Å². The summed E-state index contributed by atoms with van der Waals surface area (Å²) in [7, 11) is -2.50. The van der Waals surface area contributed by atoms with E-state index in [0.29, 0.717) is 10.6 Å². The van der Waals surface area contributed by atoms with E-state index in [2.05, 4.69) is 9.08 Å². The van der Waals surface area contributed by atoms with E-state index in [4.69, 9.17) is 5.73 Å². The molecule has 1 saturated carbocycles. The summed E-state index contributed by atoms with van der Waals surface area (Å²) < 4.78 is 20.4. The van der Waals surface area contributed by atoms with Crippen LogP contribution >= 0.6 is 0 Å². The summed E-state index contributed by atoms with van der Waals surface area (Å²) in [6.45, 7) is 3.94. The second kappa shape index (κ2) is 4.66. The molecule has 1 aliphatic rings. The van der Waals surface area contributed by atoms with E-state index < -0.39 is 9.92 Å². The molecular formula is C12H19N3OS. The Balaban J connectivity index is 2.39. The number of nitrogen functional groups attached to an aromatic ring is 1. The average Bonchev–Trinajstić information content (AvgIpc) is 3.01. The second-order valence-corrected chi connectivity index (χ2v) is 6.67. The van der Waals surface area contributed by atoms with Crippen molar-refractivity contribution in [2.24, 2.45) is 4.36 Å². The van der Waals surface area contributed by atoms with Crippen LogP contribution < -0.4 is 10.5 Å². The summed E-state index contributed by atoms with van der Waals surface area (Å²) in [4.78, 5) is 0.715. The number of rotatable bonds is 4. The number of hydrogen-bond acceptors (Lipinski definition) is 3. The van der Waals surface area contributed by atoms with Crippen molar-refractivity contribution in [2.45, 2.75) is 43.7 Å². The normalized spacial score (nSPS) is 19.0. The molecule has 2 rings (SSSR count). The summed E-state index contributed by atoms with van der Waals surface area (Å²) in [6.07, 6.45) is 2.09. The maximum absolute atomic E-state index is 12.8. The molecule has 4 nitrogen and oxygen atoms in total. The van der Waals surface area contributed by atoms with E-state index in [9.17, 15) is 4.21 Å². The van der Waals surface area contributed by atoms with Crippen molar-refractivity contribution in [2.75, 3.05) is 5.73 Å². The highest BCUT2D eigenvalue weighted by Crippen LogP contribution is 2.27. The van der Waals surface area contributed by atoms with Gasteiger partial charge < -0.3 is 5.73 Å². The van der Waals surface area contributed by atoms with E-state index in [1.54, 1.807) is 24.3 Å². The lowest BCUT2D eigenvalue weighted by Crippen LogP contribution is -2.30. The van der Waals surface area contributed by atoms with Crippen LogP contribution in [0.5, 0.6) is 0 Å². The lowest BCUT2D eigenvalue weighted by Gasteiger charge is -2.15. The summed E-state index contributed by atoms with van der Waals surface area (Å²) in [5.74, 6) is 0. The molecule has 0 heterocycles. The highest BCUT2D eigenvalue weighted by Gasteiger charge is 2.25. The Morgan fingerprint density at radius 2 is 1.94 bits per heavy atom. The molecule has 1 atom stereocenters. The zero-order valence-corrected chi connectivity index (χ0v) is 11.0. The van der Waals surface area contributed by atoms with Gasteiger partial charge in [0.25, 0.3) is 0 Å². The van der Waals surface area contributed by atoms with Gasteiger partial charge in [-0.3, -0.25) is 0 Å². The number of anilines is 1. The van der Waals surface area contributed by atoms with Crippen molar-refractivity contribution in [3.05, 3.63) is 24.3 Å². The van der Waals surface area contributed by atoms with Gasteiger partial charge in [0.05, 0.1) is 10.9 Å². The molecule has 0 spiro atoms. The zero-order chi connectivity index (χ0) is 12.5. The third kappa shape index (κ3) is 3.20. The Morgan fingerprint density at radius 1 is 1.35 bits per heavy atom. The van der Waals surface area contributed by atoms with Gasteiger partial charge in [-0.25, -0.2) is 13.3 Å². The molecule has 0 aromatic heterocycles. The van der Waals surface area contributed by atoms with Crippen LogP contribution in [-0.2, 0) is 9.92 Å². The molecule has 0 aliphatic heterocycles. The molecule has 0 saturated heterocycles. The van der Waals surface area contributed by atoms with Crippen molar-refractivity contribution in [3.8, 4) is 0 Å². The highest BCUT2D eigenvalue weighted by atomic mass is 32.2. The topological polar surface area (TPSA) is 67.5 Å². The minimum absolute atomic E-state index is 0.127. The monoisotopic (exact) mass is 253 g/mol. The predicted octanol–water partition coefficient (Wildman–Crippen LogP) is 2.17. The van der Waals surface area contributed by atoms with Crippen LogP contribution in [0.4, 0.5) is 5.69 Å². The summed E-state index contributed by atoms with van der Waals surface area (Å²) in [5.41, 5.74) is 6.31. The van der Waals surface area contributed by atoms with E-state index in [1.807, 2.05) is 13.8 Å². The molecule has 1 aliphatic carbocycles. The van der Waals surface area contributed by atoms with E-state index in [0.717, 1.165) is 12.8 Å². The fourth-order valence-electron chi connectivity index (χ4n) is 1.52. The minimum Gasteiger partial charge on any atom is -0.399 e. The third-order valence-electron chi connectivity index (χ3n) is 2.44. The first-order valence-corrected chi connectivity index (χ1v) is 7.40. The van der Waals surface area contributed by atoms with Crippen molar-refractivity contribution in [3.63, 3.8) is 0 Å². The van der Waals surface area contributed by atoms with E-state index in [1.165, 1.54) is 0 Å². The van der Waals surface area contributed by atoms with Crippen LogP contribution in [0.25, 0.3) is 0 Å². The molecule has 94 valence electrons.